The highest BCUT2D eigenvalue weighted by molar-refractivity contribution is 7.92. The molecular weight excluding hydrogens is 362 g/mol. The maximum Gasteiger partial charge on any atom is 0.501 e. The predicted molar refractivity (Wildman–Crippen MR) is 82.4 cm³/mol. The minimum Gasteiger partial charge on any atom is -0.370 e. The van der Waals surface area contributed by atoms with Gasteiger partial charge < -0.3 is 4.90 Å². The fraction of sp³-hybridized carbons (Fsp3) is 0.400. The number of benzene rings is 1. The summed E-state index contributed by atoms with van der Waals surface area (Å²) in [5.74, 6) is -1.03. The van der Waals surface area contributed by atoms with Crippen LogP contribution in [0.15, 0.2) is 41.6 Å². The second kappa shape index (κ2) is 6.32. The number of piperidine rings is 1. The van der Waals surface area contributed by atoms with Crippen LogP contribution in [0.4, 0.5) is 23.2 Å². The number of nitrogens with zero attached hydrogens (tertiary/aromatic N) is 3. The lowest BCUT2D eigenvalue weighted by atomic mass is 10.0. The molecule has 0 radical (unpaired) electrons. The van der Waals surface area contributed by atoms with Gasteiger partial charge in [-0.1, -0.05) is 0 Å². The molecule has 0 spiro atoms. The van der Waals surface area contributed by atoms with Crippen molar-refractivity contribution in [3.05, 3.63) is 42.5 Å². The van der Waals surface area contributed by atoms with Gasteiger partial charge in [0.1, 0.15) is 10.7 Å². The Morgan fingerprint density at radius 2 is 1.84 bits per heavy atom. The second-order valence-corrected chi connectivity index (χ2v) is 7.68. The summed E-state index contributed by atoms with van der Waals surface area (Å²) in [7, 11) is -5.63. The molecule has 0 saturated carbocycles. The molecule has 1 aliphatic heterocycles. The second-order valence-electron chi connectivity index (χ2n) is 5.77. The van der Waals surface area contributed by atoms with Crippen LogP contribution in [0.2, 0.25) is 0 Å². The minimum absolute atomic E-state index is 0.0920. The van der Waals surface area contributed by atoms with Gasteiger partial charge in [-0.15, -0.1) is 0 Å². The van der Waals surface area contributed by atoms with Gasteiger partial charge in [0.05, 0.1) is 11.7 Å². The molecule has 25 heavy (non-hydrogen) atoms. The van der Waals surface area contributed by atoms with E-state index >= 15 is 0 Å². The molecule has 1 fully saturated rings. The van der Waals surface area contributed by atoms with E-state index in [1.807, 2.05) is 0 Å². The lowest BCUT2D eigenvalue weighted by Gasteiger charge is -2.34. The van der Waals surface area contributed by atoms with Crippen LogP contribution in [0, 0.1) is 5.82 Å². The van der Waals surface area contributed by atoms with Gasteiger partial charge in [0.15, 0.2) is 0 Å². The molecule has 1 aliphatic rings. The zero-order valence-corrected chi connectivity index (χ0v) is 13.8. The van der Waals surface area contributed by atoms with Gasteiger partial charge in [-0.2, -0.15) is 18.3 Å². The maximum atomic E-state index is 13.4. The topological polar surface area (TPSA) is 55.2 Å². The third-order valence-corrected chi connectivity index (χ3v) is 5.74. The van der Waals surface area contributed by atoms with Gasteiger partial charge in [-0.3, -0.25) is 4.68 Å². The molecular formula is C15H15F4N3O2S. The van der Waals surface area contributed by atoms with Crippen LogP contribution in [0.25, 0.3) is 0 Å². The van der Waals surface area contributed by atoms with Crippen LogP contribution in [0.3, 0.4) is 0 Å². The Bertz CT molecular complexity index is 842. The first-order valence-corrected chi connectivity index (χ1v) is 9.03. The van der Waals surface area contributed by atoms with Crippen molar-refractivity contribution in [1.82, 2.24) is 9.78 Å². The Balaban J connectivity index is 1.89. The van der Waals surface area contributed by atoms with E-state index < -0.39 is 26.1 Å². The van der Waals surface area contributed by atoms with Crippen molar-refractivity contribution in [2.75, 3.05) is 18.0 Å². The fourth-order valence-corrected chi connectivity index (χ4v) is 3.95. The molecule has 0 atom stereocenters. The van der Waals surface area contributed by atoms with E-state index in [0.29, 0.717) is 32.0 Å². The molecule has 0 bridgehead atoms. The molecule has 5 nitrogen and oxygen atoms in total. The Hall–Kier alpha value is -2.10. The third kappa shape index (κ3) is 3.35. The molecule has 10 heteroatoms. The van der Waals surface area contributed by atoms with Crippen molar-refractivity contribution in [3.63, 3.8) is 0 Å². The molecule has 0 amide bonds. The number of sulfone groups is 1. The Morgan fingerprint density at radius 3 is 2.40 bits per heavy atom. The van der Waals surface area contributed by atoms with Crippen LogP contribution in [0.5, 0.6) is 0 Å². The van der Waals surface area contributed by atoms with E-state index in [9.17, 15) is 26.0 Å². The Labute approximate surface area is 141 Å². The summed E-state index contributed by atoms with van der Waals surface area (Å²) >= 11 is 0. The van der Waals surface area contributed by atoms with Gasteiger partial charge in [0, 0.05) is 25.5 Å². The summed E-state index contributed by atoms with van der Waals surface area (Å²) in [5.41, 5.74) is -5.61. The fourth-order valence-electron chi connectivity index (χ4n) is 2.96. The third-order valence-electron chi connectivity index (χ3n) is 4.22. The van der Waals surface area contributed by atoms with Crippen molar-refractivity contribution in [1.29, 1.82) is 0 Å². The summed E-state index contributed by atoms with van der Waals surface area (Å²) in [6.45, 7) is 0.688. The Morgan fingerprint density at radius 1 is 1.16 bits per heavy atom. The van der Waals surface area contributed by atoms with Crippen LogP contribution < -0.4 is 4.90 Å². The highest BCUT2D eigenvalue weighted by Crippen LogP contribution is 2.37. The molecule has 3 rings (SSSR count). The molecule has 0 N–H and O–H groups in total. The summed E-state index contributed by atoms with van der Waals surface area (Å²) in [5, 5.41) is 4.14. The van der Waals surface area contributed by atoms with Crippen LogP contribution in [-0.2, 0) is 9.84 Å². The van der Waals surface area contributed by atoms with Crippen molar-refractivity contribution in [2.24, 2.45) is 0 Å². The number of aromatic nitrogens is 2. The highest BCUT2D eigenvalue weighted by atomic mass is 32.2. The number of hydrogen-bond acceptors (Lipinski definition) is 4. The minimum atomic E-state index is -5.63. The summed E-state index contributed by atoms with van der Waals surface area (Å²) in [6, 6.07) is 4.35. The van der Waals surface area contributed by atoms with E-state index in [4.69, 9.17) is 0 Å². The van der Waals surface area contributed by atoms with Gasteiger partial charge in [0.2, 0.25) is 0 Å². The Kier molecular flexibility index (Phi) is 4.48. The zero-order valence-electron chi connectivity index (χ0n) is 12.9. The number of alkyl halides is 3. The smallest absolute Gasteiger partial charge is 0.370 e. The maximum absolute atomic E-state index is 13.4. The number of rotatable bonds is 3. The van der Waals surface area contributed by atoms with E-state index in [1.165, 1.54) is 4.90 Å². The van der Waals surface area contributed by atoms with E-state index in [0.717, 1.165) is 12.1 Å². The largest absolute Gasteiger partial charge is 0.501 e. The molecule has 1 aromatic heterocycles. The molecule has 1 saturated heterocycles. The SMILES string of the molecule is O=S(=O)(c1cc(F)ccc1N1CCC(n2cccn2)CC1)C(F)(F)F. The van der Waals surface area contributed by atoms with Gasteiger partial charge in [0.25, 0.3) is 9.84 Å². The van der Waals surface area contributed by atoms with Crippen molar-refractivity contribution >= 4 is 15.5 Å². The lowest BCUT2D eigenvalue weighted by Crippen LogP contribution is -2.36. The van der Waals surface area contributed by atoms with Crippen LogP contribution in [0.1, 0.15) is 18.9 Å². The van der Waals surface area contributed by atoms with Gasteiger partial charge in [-0.05, 0) is 37.1 Å². The first kappa shape index (κ1) is 17.7. The van der Waals surface area contributed by atoms with Crippen molar-refractivity contribution in [3.8, 4) is 0 Å². The zero-order chi connectivity index (χ0) is 18.2. The first-order valence-electron chi connectivity index (χ1n) is 7.55. The summed E-state index contributed by atoms with van der Waals surface area (Å²) in [4.78, 5) is 0.496. The van der Waals surface area contributed by atoms with Crippen molar-refractivity contribution in [2.45, 2.75) is 29.3 Å². The number of hydrogen-bond donors (Lipinski definition) is 0. The van der Waals surface area contributed by atoms with Gasteiger partial charge in [-0.25, -0.2) is 12.8 Å². The highest BCUT2D eigenvalue weighted by Gasteiger charge is 2.48. The van der Waals surface area contributed by atoms with E-state index in [2.05, 4.69) is 5.10 Å². The molecule has 2 aromatic rings. The molecule has 0 unspecified atom stereocenters. The molecule has 2 heterocycles. The van der Waals surface area contributed by atoms with E-state index in [-0.39, 0.29) is 11.7 Å². The predicted octanol–water partition coefficient (Wildman–Crippen LogP) is 3.16. The summed E-state index contributed by atoms with van der Waals surface area (Å²) in [6.07, 6.45) is 4.62. The average Bonchev–Trinajstić information content (AvgIpc) is 3.08. The molecule has 1 aromatic carbocycles. The first-order chi connectivity index (χ1) is 11.7. The van der Waals surface area contributed by atoms with Crippen LogP contribution in [-0.4, -0.2) is 36.8 Å². The molecule has 136 valence electrons. The lowest BCUT2D eigenvalue weighted by molar-refractivity contribution is -0.0435. The monoisotopic (exact) mass is 377 g/mol. The van der Waals surface area contributed by atoms with Gasteiger partial charge >= 0.3 is 5.51 Å². The van der Waals surface area contributed by atoms with Crippen LogP contribution >= 0.6 is 0 Å². The van der Waals surface area contributed by atoms with E-state index in [1.54, 1.807) is 23.1 Å². The average molecular weight is 377 g/mol. The number of halogens is 4. The standard InChI is InChI=1S/C15H15F4N3O2S/c16-11-2-3-13(14(10-11)25(23,24)15(17,18)19)21-8-4-12(5-9-21)22-7-1-6-20-22/h1-3,6-7,10,12H,4-5,8-9H2. The van der Waals surface area contributed by atoms with Crippen molar-refractivity contribution < 1.29 is 26.0 Å². The number of anilines is 1. The molecule has 0 aliphatic carbocycles. The summed E-state index contributed by atoms with van der Waals surface area (Å²) < 4.78 is 77.5. The quantitative estimate of drug-likeness (QED) is 0.771. The normalized spacial score (nSPS) is 17.0.